The number of carbonyl (C=O) groups excluding carboxylic acids is 1. The Kier molecular flexibility index (Phi) is 4.95. The molecule has 2 rings (SSSR count). The Morgan fingerprint density at radius 2 is 1.82 bits per heavy atom. The molecule has 1 aromatic carbocycles. The molecule has 1 N–H and O–H groups in total. The van der Waals surface area contributed by atoms with E-state index in [1.165, 1.54) is 43.8 Å². The van der Waals surface area contributed by atoms with Crippen LogP contribution in [0.3, 0.4) is 0 Å². The molecule has 0 aliphatic carbocycles. The van der Waals surface area contributed by atoms with Crippen molar-refractivity contribution < 1.29 is 24.2 Å². The van der Waals surface area contributed by atoms with Crippen molar-refractivity contribution in [3.8, 4) is 11.5 Å². The summed E-state index contributed by atoms with van der Waals surface area (Å²) in [7, 11) is 2.77. The van der Waals surface area contributed by atoms with Gasteiger partial charge in [0.15, 0.2) is 5.78 Å². The predicted molar refractivity (Wildman–Crippen MR) is 84.2 cm³/mol. The van der Waals surface area contributed by atoms with Gasteiger partial charge in [-0.1, -0.05) is 6.07 Å². The van der Waals surface area contributed by atoms with Crippen LogP contribution in [0.5, 0.6) is 11.5 Å². The lowest BCUT2D eigenvalue weighted by molar-refractivity contribution is 0.0693. The van der Waals surface area contributed by atoms with Crippen LogP contribution in [0.25, 0.3) is 6.08 Å². The zero-order valence-corrected chi connectivity index (χ0v) is 12.8. The van der Waals surface area contributed by atoms with E-state index in [9.17, 15) is 14.7 Å². The van der Waals surface area contributed by atoms with E-state index in [1.54, 1.807) is 6.08 Å². The van der Waals surface area contributed by atoms with Crippen LogP contribution < -0.4 is 9.47 Å². The van der Waals surface area contributed by atoms with E-state index in [0.717, 1.165) is 4.88 Å². The van der Waals surface area contributed by atoms with Gasteiger partial charge in [0, 0.05) is 10.9 Å². The third-order valence-corrected chi connectivity index (χ3v) is 3.80. The molecule has 0 saturated carbocycles. The van der Waals surface area contributed by atoms with Gasteiger partial charge in [-0.3, -0.25) is 4.79 Å². The molecule has 0 spiro atoms. The smallest absolute Gasteiger partial charge is 0.339 e. The zero-order chi connectivity index (χ0) is 16.1. The maximum absolute atomic E-state index is 12.3. The summed E-state index contributed by atoms with van der Waals surface area (Å²) in [6.07, 6.45) is 3.07. The summed E-state index contributed by atoms with van der Waals surface area (Å²) in [6.45, 7) is 0. The first-order valence-electron chi connectivity index (χ1n) is 6.32. The molecule has 1 heterocycles. The van der Waals surface area contributed by atoms with E-state index in [0.29, 0.717) is 0 Å². The highest BCUT2D eigenvalue weighted by molar-refractivity contribution is 7.10. The maximum atomic E-state index is 12.3. The molecular formula is C16H14O5S. The van der Waals surface area contributed by atoms with Crippen LogP contribution in [0, 0.1) is 0 Å². The lowest BCUT2D eigenvalue weighted by atomic mass is 10.0. The van der Waals surface area contributed by atoms with Crippen molar-refractivity contribution in [1.29, 1.82) is 0 Å². The molecular weight excluding hydrogens is 304 g/mol. The summed E-state index contributed by atoms with van der Waals surface area (Å²) in [5, 5.41) is 11.1. The van der Waals surface area contributed by atoms with E-state index in [4.69, 9.17) is 9.47 Å². The number of rotatable bonds is 6. The number of hydrogen-bond donors (Lipinski definition) is 1. The second-order valence-electron chi connectivity index (χ2n) is 4.27. The van der Waals surface area contributed by atoms with Crippen LogP contribution in [0.2, 0.25) is 0 Å². The average molecular weight is 318 g/mol. The SMILES string of the molecule is COc1cc(OC)c(C(=O)C=Cc2cccs2)cc1C(=O)O. The monoisotopic (exact) mass is 318 g/mol. The number of carboxylic acid groups (broad SMARTS) is 1. The third kappa shape index (κ3) is 3.35. The number of ether oxygens (including phenoxy) is 2. The molecule has 2 aromatic rings. The molecule has 0 amide bonds. The Bertz CT molecular complexity index is 716. The van der Waals surface area contributed by atoms with Crippen LogP contribution >= 0.6 is 11.3 Å². The molecule has 0 bridgehead atoms. The average Bonchev–Trinajstić information content (AvgIpc) is 3.04. The normalized spacial score (nSPS) is 10.6. The van der Waals surface area contributed by atoms with Gasteiger partial charge in [0.05, 0.1) is 19.8 Å². The zero-order valence-electron chi connectivity index (χ0n) is 12.0. The van der Waals surface area contributed by atoms with Gasteiger partial charge in [-0.2, -0.15) is 0 Å². The minimum absolute atomic E-state index is 0.0869. The van der Waals surface area contributed by atoms with Gasteiger partial charge in [0.25, 0.3) is 0 Å². The Morgan fingerprint density at radius 1 is 1.14 bits per heavy atom. The summed E-state index contributed by atoms with van der Waals surface area (Å²) in [6, 6.07) is 6.42. The molecule has 114 valence electrons. The number of ketones is 1. The number of carbonyl (C=O) groups is 2. The lowest BCUT2D eigenvalue weighted by Gasteiger charge is -2.11. The van der Waals surface area contributed by atoms with Gasteiger partial charge < -0.3 is 14.6 Å². The van der Waals surface area contributed by atoms with Crippen molar-refractivity contribution in [3.63, 3.8) is 0 Å². The Labute approximate surface area is 131 Å². The molecule has 22 heavy (non-hydrogen) atoms. The Hall–Kier alpha value is -2.60. The van der Waals surface area contributed by atoms with E-state index < -0.39 is 5.97 Å². The number of thiophene rings is 1. The van der Waals surface area contributed by atoms with Crippen LogP contribution in [-0.2, 0) is 0 Å². The number of carboxylic acids is 1. The van der Waals surface area contributed by atoms with Gasteiger partial charge in [-0.25, -0.2) is 4.79 Å². The number of methoxy groups -OCH3 is 2. The van der Waals surface area contributed by atoms with E-state index in [1.807, 2.05) is 17.5 Å². The van der Waals surface area contributed by atoms with Crippen molar-refractivity contribution in [3.05, 3.63) is 51.7 Å². The number of benzene rings is 1. The van der Waals surface area contributed by atoms with Gasteiger partial charge >= 0.3 is 5.97 Å². The molecule has 0 saturated heterocycles. The second kappa shape index (κ2) is 6.91. The number of allylic oxidation sites excluding steroid dienone is 1. The van der Waals surface area contributed by atoms with Crippen molar-refractivity contribution >= 4 is 29.2 Å². The van der Waals surface area contributed by atoms with Crippen LogP contribution in [0.15, 0.2) is 35.7 Å². The standard InChI is InChI=1S/C16H14O5S/c1-20-14-9-15(21-2)12(16(18)19)8-11(14)13(17)6-5-10-4-3-7-22-10/h3-9H,1-2H3,(H,18,19). The van der Waals surface area contributed by atoms with Crippen molar-refractivity contribution in [2.75, 3.05) is 14.2 Å². The highest BCUT2D eigenvalue weighted by atomic mass is 32.1. The van der Waals surface area contributed by atoms with Gasteiger partial charge in [0.1, 0.15) is 17.1 Å². The summed E-state index contributed by atoms with van der Waals surface area (Å²) < 4.78 is 10.2. The number of aromatic carboxylic acids is 1. The minimum atomic E-state index is -1.17. The number of hydrogen-bond acceptors (Lipinski definition) is 5. The van der Waals surface area contributed by atoms with E-state index in [2.05, 4.69) is 0 Å². The van der Waals surface area contributed by atoms with Crippen LogP contribution in [0.4, 0.5) is 0 Å². The maximum Gasteiger partial charge on any atom is 0.339 e. The van der Waals surface area contributed by atoms with Crippen molar-refractivity contribution in [1.82, 2.24) is 0 Å². The fraction of sp³-hybridized carbons (Fsp3) is 0.125. The molecule has 0 aliphatic heterocycles. The third-order valence-electron chi connectivity index (χ3n) is 2.96. The molecule has 5 nitrogen and oxygen atoms in total. The highest BCUT2D eigenvalue weighted by Gasteiger charge is 2.19. The minimum Gasteiger partial charge on any atom is -0.496 e. The lowest BCUT2D eigenvalue weighted by Crippen LogP contribution is -2.06. The molecule has 0 radical (unpaired) electrons. The summed E-state index contributed by atoms with van der Waals surface area (Å²) in [5.41, 5.74) is 0.0877. The predicted octanol–water partition coefficient (Wildman–Crippen LogP) is 3.36. The topological polar surface area (TPSA) is 72.8 Å². The van der Waals surface area contributed by atoms with E-state index >= 15 is 0 Å². The largest absolute Gasteiger partial charge is 0.496 e. The summed E-state index contributed by atoms with van der Waals surface area (Å²) >= 11 is 1.50. The fourth-order valence-electron chi connectivity index (χ4n) is 1.89. The Morgan fingerprint density at radius 3 is 2.36 bits per heavy atom. The first-order valence-corrected chi connectivity index (χ1v) is 7.20. The first-order chi connectivity index (χ1) is 10.6. The summed E-state index contributed by atoms with van der Waals surface area (Å²) in [4.78, 5) is 24.5. The molecule has 0 atom stereocenters. The van der Waals surface area contributed by atoms with Crippen LogP contribution in [-0.4, -0.2) is 31.1 Å². The molecule has 1 aromatic heterocycles. The highest BCUT2D eigenvalue weighted by Crippen LogP contribution is 2.30. The van der Waals surface area contributed by atoms with Crippen molar-refractivity contribution in [2.24, 2.45) is 0 Å². The van der Waals surface area contributed by atoms with Crippen LogP contribution in [0.1, 0.15) is 25.6 Å². The van der Waals surface area contributed by atoms with Gasteiger partial charge in [0.2, 0.25) is 0 Å². The quantitative estimate of drug-likeness (QED) is 0.653. The van der Waals surface area contributed by atoms with Gasteiger partial charge in [-0.05, 0) is 29.7 Å². The van der Waals surface area contributed by atoms with Crippen molar-refractivity contribution in [2.45, 2.75) is 0 Å². The van der Waals surface area contributed by atoms with Gasteiger partial charge in [-0.15, -0.1) is 11.3 Å². The Balaban J connectivity index is 2.42. The van der Waals surface area contributed by atoms with E-state index in [-0.39, 0.29) is 28.4 Å². The molecule has 0 aliphatic rings. The molecule has 6 heteroatoms. The fourth-order valence-corrected chi connectivity index (χ4v) is 2.51. The summed E-state index contributed by atoms with van der Waals surface area (Å²) in [5.74, 6) is -1.10. The molecule has 0 unspecified atom stereocenters. The first kappa shape index (κ1) is 15.8. The molecule has 0 fully saturated rings. The second-order valence-corrected chi connectivity index (χ2v) is 5.25.